The summed E-state index contributed by atoms with van der Waals surface area (Å²) in [4.78, 5) is 26.2. The van der Waals surface area contributed by atoms with Crippen LogP contribution in [0.5, 0.6) is 5.75 Å². The number of aryl methyl sites for hydroxylation is 1. The highest BCUT2D eigenvalue weighted by Gasteiger charge is 2.24. The average Bonchev–Trinajstić information content (AvgIpc) is 3.01. The van der Waals surface area contributed by atoms with Crippen molar-refractivity contribution >= 4 is 5.97 Å². The molecule has 0 bridgehead atoms. The van der Waals surface area contributed by atoms with Crippen LogP contribution in [-0.4, -0.2) is 25.8 Å². The molecule has 1 fully saturated rings. The molecule has 0 unspecified atom stereocenters. The summed E-state index contributed by atoms with van der Waals surface area (Å²) in [6.45, 7) is -0.120. The maximum Gasteiger partial charge on any atom is 0.358 e. The first-order valence-electron chi connectivity index (χ1n) is 8.15. The molecule has 0 spiro atoms. The number of pyridine rings is 1. The second-order valence-corrected chi connectivity index (χ2v) is 5.99. The minimum Gasteiger partial charge on any atom is -0.390 e. The van der Waals surface area contributed by atoms with Crippen molar-refractivity contribution in [2.45, 2.75) is 38.7 Å². The Bertz CT molecular complexity index is 690. The molecule has 24 heavy (non-hydrogen) atoms. The number of aliphatic hydroxyl groups excluding tert-OH is 1. The molecule has 0 atom stereocenters. The van der Waals surface area contributed by atoms with Crippen LogP contribution in [0.2, 0.25) is 0 Å². The van der Waals surface area contributed by atoms with Gasteiger partial charge in [0.2, 0.25) is 0 Å². The summed E-state index contributed by atoms with van der Waals surface area (Å²) < 4.78 is 1.60. The zero-order chi connectivity index (χ0) is 16.9. The normalized spacial score (nSPS) is 15.2. The Hall–Kier alpha value is -2.41. The zero-order valence-corrected chi connectivity index (χ0v) is 13.6. The fourth-order valence-corrected chi connectivity index (χ4v) is 2.95. The predicted octanol–water partition coefficient (Wildman–Crippen LogP) is 2.39. The van der Waals surface area contributed by atoms with Gasteiger partial charge in [-0.05, 0) is 25.0 Å². The van der Waals surface area contributed by atoms with Crippen LogP contribution in [0.15, 0.2) is 24.5 Å². The van der Waals surface area contributed by atoms with Crippen LogP contribution >= 0.6 is 0 Å². The van der Waals surface area contributed by atoms with Gasteiger partial charge in [-0.3, -0.25) is 19.4 Å². The summed E-state index contributed by atoms with van der Waals surface area (Å²) in [6.07, 6.45) is 8.17. The highest BCUT2D eigenvalue weighted by molar-refractivity contribution is 5.72. The van der Waals surface area contributed by atoms with Gasteiger partial charge in [0.15, 0.2) is 5.75 Å². The lowest BCUT2D eigenvalue weighted by molar-refractivity contribution is -0.219. The van der Waals surface area contributed by atoms with Crippen LogP contribution in [0.4, 0.5) is 0 Å². The van der Waals surface area contributed by atoms with Crippen LogP contribution in [-0.2, 0) is 23.3 Å². The van der Waals surface area contributed by atoms with Crippen molar-refractivity contribution in [3.63, 3.8) is 0 Å². The third-order valence-corrected chi connectivity index (χ3v) is 4.38. The van der Waals surface area contributed by atoms with Crippen LogP contribution < -0.4 is 4.89 Å². The van der Waals surface area contributed by atoms with Gasteiger partial charge >= 0.3 is 5.97 Å². The highest BCUT2D eigenvalue weighted by atomic mass is 17.2. The minimum absolute atomic E-state index is 0.0616. The fraction of sp³-hybridized carbons (Fsp3) is 0.471. The van der Waals surface area contributed by atoms with Crippen LogP contribution in [0, 0.1) is 5.92 Å². The molecule has 2 aromatic rings. The lowest BCUT2D eigenvalue weighted by Gasteiger charge is -2.18. The molecule has 3 rings (SSSR count). The van der Waals surface area contributed by atoms with Crippen LogP contribution in [0.25, 0.3) is 11.3 Å². The third kappa shape index (κ3) is 3.56. The Morgan fingerprint density at radius 3 is 2.75 bits per heavy atom. The van der Waals surface area contributed by atoms with Crippen molar-refractivity contribution in [2.75, 3.05) is 0 Å². The van der Waals surface area contributed by atoms with E-state index in [-0.39, 0.29) is 18.5 Å². The molecular weight excluding hydrogens is 310 g/mol. The van der Waals surface area contributed by atoms with E-state index in [0.29, 0.717) is 17.1 Å². The molecule has 0 aromatic carbocycles. The summed E-state index contributed by atoms with van der Waals surface area (Å²) in [5, 5.41) is 13.5. The molecule has 7 nitrogen and oxygen atoms in total. The van der Waals surface area contributed by atoms with E-state index < -0.39 is 0 Å². The largest absolute Gasteiger partial charge is 0.390 e. The van der Waals surface area contributed by atoms with Gasteiger partial charge < -0.3 is 5.11 Å². The highest BCUT2D eigenvalue weighted by Crippen LogP contribution is 2.26. The quantitative estimate of drug-likeness (QED) is 0.669. The van der Waals surface area contributed by atoms with E-state index in [4.69, 9.17) is 9.78 Å². The summed E-state index contributed by atoms with van der Waals surface area (Å²) in [5.74, 6) is -0.0144. The van der Waals surface area contributed by atoms with E-state index in [9.17, 15) is 9.90 Å². The first-order valence-corrected chi connectivity index (χ1v) is 8.15. The number of nitrogens with zero attached hydrogens (tertiary/aromatic N) is 3. The van der Waals surface area contributed by atoms with Crippen molar-refractivity contribution in [1.29, 1.82) is 0 Å². The van der Waals surface area contributed by atoms with Gasteiger partial charge in [0.25, 0.3) is 0 Å². The number of aliphatic hydroxyl groups is 1. The second kappa shape index (κ2) is 7.44. The third-order valence-electron chi connectivity index (χ3n) is 4.38. The van der Waals surface area contributed by atoms with Crippen molar-refractivity contribution in [1.82, 2.24) is 14.8 Å². The van der Waals surface area contributed by atoms with Crippen LogP contribution in [0.1, 0.15) is 37.8 Å². The van der Waals surface area contributed by atoms with E-state index in [2.05, 4.69) is 10.1 Å². The lowest BCUT2D eigenvalue weighted by Crippen LogP contribution is -2.21. The molecular formula is C17H21N3O4. The first-order chi connectivity index (χ1) is 11.7. The summed E-state index contributed by atoms with van der Waals surface area (Å²) in [5.41, 5.74) is 2.10. The summed E-state index contributed by atoms with van der Waals surface area (Å²) >= 11 is 0. The van der Waals surface area contributed by atoms with Gasteiger partial charge in [0.1, 0.15) is 0 Å². The Balaban J connectivity index is 1.61. The molecule has 128 valence electrons. The van der Waals surface area contributed by atoms with Gasteiger partial charge in [-0.1, -0.05) is 19.3 Å². The first kappa shape index (κ1) is 16.4. The Morgan fingerprint density at radius 2 is 2.08 bits per heavy atom. The maximum atomic E-state index is 11.9. The smallest absolute Gasteiger partial charge is 0.358 e. The standard InChI is InChI=1S/C17H21N3O4/c1-20-16(11-21)14(10-19-20)15-8-7-13(9-18-15)23-24-17(22)12-5-3-2-4-6-12/h7-10,12,21H,2-6,11H2,1H3. The van der Waals surface area contributed by atoms with Gasteiger partial charge in [0, 0.05) is 12.6 Å². The number of carbonyl (C=O) groups is 1. The molecule has 7 heteroatoms. The molecule has 2 heterocycles. The minimum atomic E-state index is -0.311. The van der Waals surface area contributed by atoms with E-state index in [1.54, 1.807) is 30.1 Å². The van der Waals surface area contributed by atoms with Crippen molar-refractivity contribution in [3.05, 3.63) is 30.2 Å². The van der Waals surface area contributed by atoms with E-state index >= 15 is 0 Å². The van der Waals surface area contributed by atoms with Gasteiger partial charge in [-0.15, -0.1) is 0 Å². The topological polar surface area (TPSA) is 86.5 Å². The van der Waals surface area contributed by atoms with Crippen molar-refractivity contribution < 1.29 is 19.7 Å². The number of hydrogen-bond donors (Lipinski definition) is 1. The van der Waals surface area contributed by atoms with Gasteiger partial charge in [-0.2, -0.15) is 5.10 Å². The average molecular weight is 331 g/mol. The molecule has 1 aliphatic carbocycles. The number of hydrogen-bond acceptors (Lipinski definition) is 6. The summed E-state index contributed by atoms with van der Waals surface area (Å²) in [7, 11) is 1.76. The maximum absolute atomic E-state index is 11.9. The molecule has 0 radical (unpaired) electrons. The SMILES string of the molecule is Cn1ncc(-c2ccc(OOC(=O)C3CCCCC3)cn2)c1CO. The Labute approximate surface area is 140 Å². The molecule has 1 aliphatic rings. The van der Waals surface area contributed by atoms with Crippen molar-refractivity contribution in [3.8, 4) is 17.0 Å². The Morgan fingerprint density at radius 1 is 1.29 bits per heavy atom. The number of aromatic nitrogens is 3. The zero-order valence-electron chi connectivity index (χ0n) is 13.6. The van der Waals surface area contributed by atoms with Gasteiger partial charge in [-0.25, -0.2) is 4.79 Å². The van der Waals surface area contributed by atoms with Gasteiger partial charge in [0.05, 0.1) is 36.3 Å². The lowest BCUT2D eigenvalue weighted by atomic mass is 9.89. The molecule has 2 aromatic heterocycles. The molecule has 1 saturated carbocycles. The number of carbonyl (C=O) groups excluding carboxylic acids is 1. The van der Waals surface area contributed by atoms with E-state index in [1.165, 1.54) is 12.6 Å². The van der Waals surface area contributed by atoms with E-state index in [1.807, 2.05) is 0 Å². The predicted molar refractivity (Wildman–Crippen MR) is 85.7 cm³/mol. The van der Waals surface area contributed by atoms with Crippen LogP contribution in [0.3, 0.4) is 0 Å². The monoisotopic (exact) mass is 331 g/mol. The van der Waals surface area contributed by atoms with Crippen molar-refractivity contribution in [2.24, 2.45) is 13.0 Å². The van der Waals surface area contributed by atoms with E-state index in [0.717, 1.165) is 31.2 Å². The molecule has 0 amide bonds. The summed E-state index contributed by atoms with van der Waals surface area (Å²) in [6, 6.07) is 3.41. The second-order valence-electron chi connectivity index (χ2n) is 5.99. The molecule has 1 N–H and O–H groups in total. The molecule has 0 saturated heterocycles. The molecule has 0 aliphatic heterocycles. The Kier molecular flexibility index (Phi) is 5.10. The fourth-order valence-electron chi connectivity index (χ4n) is 2.95. The number of rotatable bonds is 5.